The molecule has 3 rings (SSSR count). The third kappa shape index (κ3) is 5.14. The van der Waals surface area contributed by atoms with Gasteiger partial charge >= 0.3 is 5.97 Å². The molecule has 7 nitrogen and oxygen atoms in total. The van der Waals surface area contributed by atoms with Crippen LogP contribution < -0.4 is 10.6 Å². The minimum absolute atomic E-state index is 0.238. The monoisotopic (exact) mass is 376 g/mol. The summed E-state index contributed by atoms with van der Waals surface area (Å²) in [6.07, 6.45) is 3.62. The maximum Gasteiger partial charge on any atom is 0.337 e. The second kappa shape index (κ2) is 9.27. The van der Waals surface area contributed by atoms with E-state index >= 15 is 0 Å². The van der Waals surface area contributed by atoms with E-state index in [0.717, 1.165) is 12.0 Å². The number of nitrogens with zero attached hydrogens (tertiary/aromatic N) is 2. The molecule has 0 aliphatic rings. The lowest BCUT2D eigenvalue weighted by Crippen LogP contribution is -2.26. The Labute approximate surface area is 162 Å². The van der Waals surface area contributed by atoms with Crippen LogP contribution in [0.3, 0.4) is 0 Å². The Morgan fingerprint density at radius 3 is 2.54 bits per heavy atom. The summed E-state index contributed by atoms with van der Waals surface area (Å²) in [5.41, 5.74) is 2.48. The average Bonchev–Trinajstić information content (AvgIpc) is 2.74. The first-order valence-corrected chi connectivity index (χ1v) is 8.75. The van der Waals surface area contributed by atoms with Gasteiger partial charge in [0.1, 0.15) is 11.5 Å². The lowest BCUT2D eigenvalue weighted by atomic mass is 10.1. The fourth-order valence-electron chi connectivity index (χ4n) is 2.56. The van der Waals surface area contributed by atoms with Crippen molar-refractivity contribution >= 4 is 23.4 Å². The Morgan fingerprint density at radius 2 is 1.82 bits per heavy atom. The topological polar surface area (TPSA) is 93.2 Å². The van der Waals surface area contributed by atoms with Crippen molar-refractivity contribution in [1.29, 1.82) is 0 Å². The Bertz CT molecular complexity index is 943. The van der Waals surface area contributed by atoms with E-state index in [1.54, 1.807) is 24.3 Å². The van der Waals surface area contributed by atoms with Gasteiger partial charge in [-0.05, 0) is 30.2 Å². The highest BCUT2D eigenvalue weighted by Gasteiger charge is 2.09. The molecule has 1 aromatic heterocycles. The van der Waals surface area contributed by atoms with Crippen LogP contribution in [0, 0.1) is 0 Å². The quantitative estimate of drug-likeness (QED) is 0.616. The fraction of sp³-hybridized carbons (Fsp3) is 0.143. The van der Waals surface area contributed by atoms with Crippen LogP contribution in [0.4, 0.5) is 11.5 Å². The van der Waals surface area contributed by atoms with Gasteiger partial charge in [0.2, 0.25) is 0 Å². The number of amides is 1. The van der Waals surface area contributed by atoms with Crippen molar-refractivity contribution in [1.82, 2.24) is 15.3 Å². The number of hydrogen-bond donors (Lipinski definition) is 2. The van der Waals surface area contributed by atoms with Gasteiger partial charge in [0.25, 0.3) is 5.91 Å². The first kappa shape index (κ1) is 19.0. The second-order valence-corrected chi connectivity index (χ2v) is 5.98. The third-order valence-corrected chi connectivity index (χ3v) is 3.98. The first-order chi connectivity index (χ1) is 13.7. The van der Waals surface area contributed by atoms with Crippen molar-refractivity contribution < 1.29 is 14.3 Å². The minimum Gasteiger partial charge on any atom is -0.465 e. The van der Waals surface area contributed by atoms with Gasteiger partial charge in [-0.25, -0.2) is 14.8 Å². The Balaban J connectivity index is 1.56. The molecule has 2 aromatic carbocycles. The molecule has 0 unspecified atom stereocenters. The highest BCUT2D eigenvalue weighted by molar-refractivity contribution is 5.92. The number of carbonyl (C=O) groups excluding carboxylic acids is 2. The maximum atomic E-state index is 12.2. The summed E-state index contributed by atoms with van der Waals surface area (Å²) in [6, 6.07) is 16.8. The molecule has 1 amide bonds. The van der Waals surface area contributed by atoms with Gasteiger partial charge in [0.05, 0.1) is 25.1 Å². The van der Waals surface area contributed by atoms with E-state index in [0.29, 0.717) is 23.6 Å². The Hall–Kier alpha value is -3.74. The van der Waals surface area contributed by atoms with Gasteiger partial charge in [-0.15, -0.1) is 0 Å². The van der Waals surface area contributed by atoms with Crippen LogP contribution in [0.15, 0.2) is 67.0 Å². The van der Waals surface area contributed by atoms with E-state index in [2.05, 4.69) is 20.6 Å². The molecular formula is C21H20N4O3. The number of carbonyl (C=O) groups is 2. The van der Waals surface area contributed by atoms with Crippen molar-refractivity contribution in [3.63, 3.8) is 0 Å². The summed E-state index contributed by atoms with van der Waals surface area (Å²) in [5.74, 6) is -0.234. The van der Waals surface area contributed by atoms with E-state index in [9.17, 15) is 9.59 Å². The van der Waals surface area contributed by atoms with Crippen LogP contribution in [-0.2, 0) is 11.2 Å². The van der Waals surface area contributed by atoms with Crippen molar-refractivity contribution in [2.45, 2.75) is 6.42 Å². The molecule has 1 heterocycles. The van der Waals surface area contributed by atoms with Crippen LogP contribution in [-0.4, -0.2) is 35.5 Å². The van der Waals surface area contributed by atoms with Crippen LogP contribution in [0.25, 0.3) is 0 Å². The van der Waals surface area contributed by atoms with Crippen molar-refractivity contribution in [2.24, 2.45) is 0 Å². The molecule has 28 heavy (non-hydrogen) atoms. The van der Waals surface area contributed by atoms with Crippen LogP contribution >= 0.6 is 0 Å². The molecule has 0 atom stereocenters. The zero-order valence-corrected chi connectivity index (χ0v) is 15.4. The molecule has 3 aromatic rings. The van der Waals surface area contributed by atoms with Gasteiger partial charge < -0.3 is 15.4 Å². The van der Waals surface area contributed by atoms with E-state index in [-0.39, 0.29) is 11.6 Å². The number of rotatable bonds is 7. The van der Waals surface area contributed by atoms with Crippen LogP contribution in [0.5, 0.6) is 0 Å². The number of esters is 1. The summed E-state index contributed by atoms with van der Waals surface area (Å²) >= 11 is 0. The summed E-state index contributed by atoms with van der Waals surface area (Å²) < 4.78 is 4.70. The van der Waals surface area contributed by atoms with Gasteiger partial charge in [0, 0.05) is 12.2 Å². The van der Waals surface area contributed by atoms with E-state index < -0.39 is 5.97 Å². The average molecular weight is 376 g/mol. The zero-order valence-electron chi connectivity index (χ0n) is 15.4. The third-order valence-electron chi connectivity index (χ3n) is 3.98. The molecule has 7 heteroatoms. The predicted molar refractivity (Wildman–Crippen MR) is 106 cm³/mol. The van der Waals surface area contributed by atoms with Gasteiger partial charge in [-0.3, -0.25) is 4.79 Å². The molecule has 0 fully saturated rings. The van der Waals surface area contributed by atoms with Gasteiger partial charge in [-0.1, -0.05) is 36.4 Å². The second-order valence-electron chi connectivity index (χ2n) is 5.98. The molecule has 0 spiro atoms. The van der Waals surface area contributed by atoms with E-state index in [1.165, 1.54) is 19.5 Å². The number of nitrogens with one attached hydrogen (secondary N) is 2. The Kier molecular flexibility index (Phi) is 6.30. The molecule has 2 N–H and O–H groups in total. The standard InChI is InChI=1S/C21H20N4O3/c1-28-21(27)16-8-5-9-17(12-16)25-19-14-23-18(13-24-19)20(26)22-11-10-15-6-3-2-4-7-15/h2-9,12-14H,10-11H2,1H3,(H,22,26)(H,24,25). The zero-order chi connectivity index (χ0) is 19.8. The van der Waals surface area contributed by atoms with Crippen LogP contribution in [0.2, 0.25) is 0 Å². The van der Waals surface area contributed by atoms with Gasteiger partial charge in [-0.2, -0.15) is 0 Å². The van der Waals surface area contributed by atoms with Crippen molar-refractivity contribution in [3.05, 3.63) is 83.8 Å². The largest absolute Gasteiger partial charge is 0.465 e. The number of anilines is 2. The summed E-state index contributed by atoms with van der Waals surface area (Å²) in [7, 11) is 1.33. The highest BCUT2D eigenvalue weighted by Crippen LogP contribution is 2.16. The summed E-state index contributed by atoms with van der Waals surface area (Å²) in [6.45, 7) is 0.519. The molecule has 0 radical (unpaired) electrons. The summed E-state index contributed by atoms with van der Waals surface area (Å²) in [5, 5.41) is 5.87. The molecule has 0 saturated heterocycles. The van der Waals surface area contributed by atoms with E-state index in [1.807, 2.05) is 30.3 Å². The first-order valence-electron chi connectivity index (χ1n) is 8.75. The molecule has 0 aliphatic heterocycles. The normalized spacial score (nSPS) is 10.2. The van der Waals surface area contributed by atoms with Gasteiger partial charge in [0.15, 0.2) is 0 Å². The number of hydrogen-bond acceptors (Lipinski definition) is 6. The van der Waals surface area contributed by atoms with E-state index in [4.69, 9.17) is 4.74 Å². The number of methoxy groups -OCH3 is 1. The Morgan fingerprint density at radius 1 is 1.00 bits per heavy atom. The number of aromatic nitrogens is 2. The number of ether oxygens (including phenoxy) is 1. The highest BCUT2D eigenvalue weighted by atomic mass is 16.5. The lowest BCUT2D eigenvalue weighted by molar-refractivity contribution is 0.0600. The van der Waals surface area contributed by atoms with Crippen LogP contribution in [0.1, 0.15) is 26.4 Å². The minimum atomic E-state index is -0.419. The smallest absolute Gasteiger partial charge is 0.337 e. The van der Waals surface area contributed by atoms with Crippen molar-refractivity contribution in [2.75, 3.05) is 19.0 Å². The predicted octanol–water partition coefficient (Wildman–Crippen LogP) is 2.98. The maximum absolute atomic E-state index is 12.2. The molecule has 0 aliphatic carbocycles. The molecule has 0 saturated carbocycles. The summed E-state index contributed by atoms with van der Waals surface area (Å²) in [4.78, 5) is 32.1. The molecule has 142 valence electrons. The van der Waals surface area contributed by atoms with Crippen molar-refractivity contribution in [3.8, 4) is 0 Å². The molecular weight excluding hydrogens is 356 g/mol. The fourth-order valence-corrected chi connectivity index (χ4v) is 2.56. The SMILES string of the molecule is COC(=O)c1cccc(Nc2cnc(C(=O)NCCc3ccccc3)cn2)c1. The lowest BCUT2D eigenvalue weighted by Gasteiger charge is -2.08. The number of benzene rings is 2. The molecule has 0 bridgehead atoms.